The molecular formula is C10H17N3O2S. The van der Waals surface area contributed by atoms with Crippen LogP contribution in [-0.4, -0.2) is 26.0 Å². The summed E-state index contributed by atoms with van der Waals surface area (Å²) in [6.45, 7) is 4.11. The maximum atomic E-state index is 11.9. The van der Waals surface area contributed by atoms with E-state index in [-0.39, 0.29) is 23.4 Å². The van der Waals surface area contributed by atoms with Crippen molar-refractivity contribution in [3.63, 3.8) is 0 Å². The molecule has 0 aliphatic heterocycles. The van der Waals surface area contributed by atoms with Crippen molar-refractivity contribution in [3.05, 3.63) is 24.5 Å². The molecule has 0 spiro atoms. The van der Waals surface area contributed by atoms with Crippen molar-refractivity contribution in [2.45, 2.75) is 24.8 Å². The van der Waals surface area contributed by atoms with Crippen LogP contribution in [-0.2, 0) is 10.0 Å². The van der Waals surface area contributed by atoms with Gasteiger partial charge in [0.05, 0.1) is 0 Å². The first kappa shape index (κ1) is 13.1. The van der Waals surface area contributed by atoms with Gasteiger partial charge >= 0.3 is 0 Å². The van der Waals surface area contributed by atoms with Crippen molar-refractivity contribution in [2.75, 3.05) is 6.54 Å². The van der Waals surface area contributed by atoms with E-state index in [1.54, 1.807) is 6.07 Å². The smallest absolute Gasteiger partial charge is 0.242 e. The molecule has 1 aromatic heterocycles. The summed E-state index contributed by atoms with van der Waals surface area (Å²) in [5.41, 5.74) is 5.52. The van der Waals surface area contributed by atoms with Crippen molar-refractivity contribution in [3.8, 4) is 0 Å². The van der Waals surface area contributed by atoms with Gasteiger partial charge in [0.15, 0.2) is 0 Å². The van der Waals surface area contributed by atoms with Gasteiger partial charge in [-0.15, -0.1) is 0 Å². The number of hydrogen-bond acceptors (Lipinski definition) is 4. The van der Waals surface area contributed by atoms with E-state index in [9.17, 15) is 8.42 Å². The molecule has 0 fully saturated rings. The zero-order chi connectivity index (χ0) is 12.2. The summed E-state index contributed by atoms with van der Waals surface area (Å²) < 4.78 is 26.4. The number of nitrogens with two attached hydrogens (primary N) is 1. The zero-order valence-electron chi connectivity index (χ0n) is 9.42. The highest BCUT2D eigenvalue weighted by atomic mass is 32.2. The fourth-order valence-electron chi connectivity index (χ4n) is 1.23. The lowest BCUT2D eigenvalue weighted by Crippen LogP contribution is -2.43. The molecule has 0 aliphatic carbocycles. The first-order chi connectivity index (χ1) is 7.47. The van der Waals surface area contributed by atoms with E-state index in [1.165, 1.54) is 18.5 Å². The zero-order valence-corrected chi connectivity index (χ0v) is 10.2. The standard InChI is InChI=1S/C10H17N3O2S/c1-8(2)10(6-11)13-16(14,15)9-4-3-5-12-7-9/h3-5,7-8,10,13H,6,11H2,1-2H3. The van der Waals surface area contributed by atoms with Crippen molar-refractivity contribution in [1.29, 1.82) is 0 Å². The number of sulfonamides is 1. The summed E-state index contributed by atoms with van der Waals surface area (Å²) in [7, 11) is -3.51. The highest BCUT2D eigenvalue weighted by Crippen LogP contribution is 2.09. The lowest BCUT2D eigenvalue weighted by Gasteiger charge is -2.20. The highest BCUT2D eigenvalue weighted by Gasteiger charge is 2.21. The Labute approximate surface area is 96.1 Å². The van der Waals surface area contributed by atoms with Gasteiger partial charge in [-0.25, -0.2) is 13.1 Å². The van der Waals surface area contributed by atoms with E-state index >= 15 is 0 Å². The minimum absolute atomic E-state index is 0.149. The first-order valence-corrected chi connectivity index (χ1v) is 6.58. The molecule has 1 atom stereocenters. The molecule has 90 valence electrons. The summed E-state index contributed by atoms with van der Waals surface area (Å²) in [4.78, 5) is 3.94. The summed E-state index contributed by atoms with van der Waals surface area (Å²) in [5.74, 6) is 0.149. The number of aromatic nitrogens is 1. The monoisotopic (exact) mass is 243 g/mol. The second-order valence-electron chi connectivity index (χ2n) is 3.90. The van der Waals surface area contributed by atoms with Crippen LogP contribution in [0, 0.1) is 5.92 Å². The van der Waals surface area contributed by atoms with E-state index in [2.05, 4.69) is 9.71 Å². The van der Waals surface area contributed by atoms with Gasteiger partial charge in [0.2, 0.25) is 10.0 Å². The topological polar surface area (TPSA) is 85.1 Å². The van der Waals surface area contributed by atoms with E-state index < -0.39 is 10.0 Å². The molecule has 0 saturated heterocycles. The molecule has 5 nitrogen and oxygen atoms in total. The fourth-order valence-corrected chi connectivity index (χ4v) is 2.59. The van der Waals surface area contributed by atoms with Gasteiger partial charge in [-0.1, -0.05) is 13.8 Å². The Morgan fingerprint density at radius 1 is 1.50 bits per heavy atom. The van der Waals surface area contributed by atoms with Crippen LogP contribution >= 0.6 is 0 Å². The molecule has 1 aromatic rings. The molecule has 0 aromatic carbocycles. The quantitative estimate of drug-likeness (QED) is 0.781. The van der Waals surface area contributed by atoms with Crippen LogP contribution in [0.5, 0.6) is 0 Å². The molecule has 6 heteroatoms. The Bertz CT molecular complexity index is 417. The molecule has 1 rings (SSSR count). The van der Waals surface area contributed by atoms with Crippen molar-refractivity contribution in [1.82, 2.24) is 9.71 Å². The normalized spacial score (nSPS) is 14.0. The SMILES string of the molecule is CC(C)C(CN)NS(=O)(=O)c1cccnc1. The number of hydrogen-bond donors (Lipinski definition) is 2. The number of rotatable bonds is 5. The maximum Gasteiger partial charge on any atom is 0.242 e. The molecule has 1 unspecified atom stereocenters. The van der Waals surface area contributed by atoms with Gasteiger partial charge in [-0.3, -0.25) is 4.98 Å². The van der Waals surface area contributed by atoms with Gasteiger partial charge in [-0.05, 0) is 18.1 Å². The number of nitrogens with one attached hydrogen (secondary N) is 1. The van der Waals surface area contributed by atoms with E-state index in [4.69, 9.17) is 5.73 Å². The Hall–Kier alpha value is -0.980. The molecule has 0 saturated carbocycles. The van der Waals surface area contributed by atoms with Gasteiger partial charge < -0.3 is 5.73 Å². The Morgan fingerprint density at radius 2 is 2.19 bits per heavy atom. The van der Waals surface area contributed by atoms with E-state index in [1.807, 2.05) is 13.8 Å². The Balaban J connectivity index is 2.88. The number of pyridine rings is 1. The van der Waals surface area contributed by atoms with Crippen LogP contribution in [0.25, 0.3) is 0 Å². The average Bonchev–Trinajstić information content (AvgIpc) is 2.27. The lowest BCUT2D eigenvalue weighted by atomic mass is 10.1. The summed E-state index contributed by atoms with van der Waals surface area (Å²) in [6.07, 6.45) is 2.85. The van der Waals surface area contributed by atoms with Crippen LogP contribution in [0.1, 0.15) is 13.8 Å². The Morgan fingerprint density at radius 3 is 2.62 bits per heavy atom. The molecule has 0 radical (unpaired) electrons. The van der Waals surface area contributed by atoms with Crippen molar-refractivity contribution < 1.29 is 8.42 Å². The predicted molar refractivity (Wildman–Crippen MR) is 62.2 cm³/mol. The average molecular weight is 243 g/mol. The predicted octanol–water partition coefficient (Wildman–Crippen LogP) is 0.343. The van der Waals surface area contributed by atoms with Gasteiger partial charge in [0.25, 0.3) is 0 Å². The van der Waals surface area contributed by atoms with E-state index in [0.29, 0.717) is 0 Å². The molecular weight excluding hydrogens is 226 g/mol. The van der Waals surface area contributed by atoms with Crippen LogP contribution in [0.3, 0.4) is 0 Å². The minimum Gasteiger partial charge on any atom is -0.329 e. The third-order valence-electron chi connectivity index (χ3n) is 2.31. The third kappa shape index (κ3) is 3.26. The van der Waals surface area contributed by atoms with Crippen LogP contribution in [0.2, 0.25) is 0 Å². The molecule has 3 N–H and O–H groups in total. The second-order valence-corrected chi connectivity index (χ2v) is 5.61. The molecule has 0 bridgehead atoms. The van der Waals surface area contributed by atoms with Crippen LogP contribution < -0.4 is 10.5 Å². The minimum atomic E-state index is -3.51. The largest absolute Gasteiger partial charge is 0.329 e. The maximum absolute atomic E-state index is 11.9. The second kappa shape index (κ2) is 5.38. The summed E-state index contributed by atoms with van der Waals surface area (Å²) >= 11 is 0. The van der Waals surface area contributed by atoms with Crippen molar-refractivity contribution in [2.24, 2.45) is 11.7 Å². The molecule has 1 heterocycles. The fraction of sp³-hybridized carbons (Fsp3) is 0.500. The molecule has 16 heavy (non-hydrogen) atoms. The summed E-state index contributed by atoms with van der Waals surface area (Å²) in [6, 6.07) is 2.83. The van der Waals surface area contributed by atoms with Crippen LogP contribution in [0.15, 0.2) is 29.4 Å². The Kier molecular flexibility index (Phi) is 4.40. The van der Waals surface area contributed by atoms with Crippen LogP contribution in [0.4, 0.5) is 0 Å². The third-order valence-corrected chi connectivity index (χ3v) is 3.79. The first-order valence-electron chi connectivity index (χ1n) is 5.10. The molecule has 0 aliphatic rings. The number of nitrogens with zero attached hydrogens (tertiary/aromatic N) is 1. The summed E-state index contributed by atoms with van der Waals surface area (Å²) in [5, 5.41) is 0. The van der Waals surface area contributed by atoms with Gasteiger partial charge in [0, 0.05) is 25.0 Å². The lowest BCUT2D eigenvalue weighted by molar-refractivity contribution is 0.454. The van der Waals surface area contributed by atoms with Crippen molar-refractivity contribution >= 4 is 10.0 Å². The van der Waals surface area contributed by atoms with Gasteiger partial charge in [0.1, 0.15) is 4.90 Å². The van der Waals surface area contributed by atoms with E-state index in [0.717, 1.165) is 0 Å². The molecule has 0 amide bonds. The highest BCUT2D eigenvalue weighted by molar-refractivity contribution is 7.89. The van der Waals surface area contributed by atoms with Gasteiger partial charge in [-0.2, -0.15) is 0 Å².